The van der Waals surface area contributed by atoms with Gasteiger partial charge in [0.05, 0.1) is 0 Å². The Morgan fingerprint density at radius 3 is 2.27 bits per heavy atom. The lowest BCUT2D eigenvalue weighted by Gasteiger charge is -2.07. The van der Waals surface area contributed by atoms with Crippen molar-refractivity contribution in [2.24, 2.45) is 5.73 Å². The molecule has 1 aromatic carbocycles. The summed E-state index contributed by atoms with van der Waals surface area (Å²) in [5, 5.41) is 0. The maximum Gasteiger partial charge on any atom is 0.198 e. The van der Waals surface area contributed by atoms with Crippen LogP contribution < -0.4 is 5.73 Å². The van der Waals surface area contributed by atoms with Crippen molar-refractivity contribution < 1.29 is 17.6 Å². The van der Waals surface area contributed by atoms with Crippen LogP contribution in [0.1, 0.15) is 12.0 Å². The quantitative estimate of drug-likeness (QED) is 0.472. The van der Waals surface area contributed by atoms with Crippen molar-refractivity contribution in [1.82, 2.24) is 0 Å². The molecule has 0 aliphatic carbocycles. The van der Waals surface area contributed by atoms with Gasteiger partial charge in [-0.1, -0.05) is 6.58 Å². The van der Waals surface area contributed by atoms with Crippen molar-refractivity contribution in [1.29, 1.82) is 0 Å². The summed E-state index contributed by atoms with van der Waals surface area (Å²) in [6.45, 7) is 3.58. The lowest BCUT2D eigenvalue weighted by molar-refractivity contribution is 0.407. The van der Waals surface area contributed by atoms with Gasteiger partial charge in [-0.05, 0) is 24.6 Å². The summed E-state index contributed by atoms with van der Waals surface area (Å²) in [5.74, 6) is -6.53. The van der Waals surface area contributed by atoms with Crippen LogP contribution in [-0.4, -0.2) is 6.54 Å². The lowest BCUT2D eigenvalue weighted by atomic mass is 10.0. The van der Waals surface area contributed by atoms with Crippen LogP contribution in [0.3, 0.4) is 0 Å². The van der Waals surface area contributed by atoms with E-state index in [1.807, 2.05) is 0 Å². The van der Waals surface area contributed by atoms with E-state index < -0.39 is 23.3 Å². The number of rotatable bonds is 3. The van der Waals surface area contributed by atoms with Gasteiger partial charge in [0, 0.05) is 5.56 Å². The molecule has 0 heterocycles. The fraction of sp³-hybridized carbons (Fsp3) is 0.200. The maximum atomic E-state index is 13.1. The Morgan fingerprint density at radius 2 is 1.73 bits per heavy atom. The summed E-state index contributed by atoms with van der Waals surface area (Å²) in [6, 6.07) is 0.575. The third-order valence-corrected chi connectivity index (χ3v) is 1.93. The summed E-state index contributed by atoms with van der Waals surface area (Å²) >= 11 is 0. The first-order valence-electron chi connectivity index (χ1n) is 4.20. The molecule has 0 unspecified atom stereocenters. The Morgan fingerprint density at radius 1 is 1.13 bits per heavy atom. The van der Waals surface area contributed by atoms with Crippen molar-refractivity contribution >= 4 is 5.57 Å². The number of halogens is 4. The Labute approximate surface area is 84.2 Å². The van der Waals surface area contributed by atoms with Gasteiger partial charge in [0.2, 0.25) is 0 Å². The van der Waals surface area contributed by atoms with Gasteiger partial charge >= 0.3 is 0 Å². The fourth-order valence-corrected chi connectivity index (χ4v) is 1.14. The average Bonchev–Trinajstić information content (AvgIpc) is 2.20. The SMILES string of the molecule is C=C(CCN)c1cc(F)c(F)c(F)c1F. The second kappa shape index (κ2) is 4.44. The molecule has 0 fully saturated rings. The minimum atomic E-state index is -1.83. The number of hydrogen-bond acceptors (Lipinski definition) is 1. The van der Waals surface area contributed by atoms with Crippen LogP contribution in [0.5, 0.6) is 0 Å². The molecule has 0 aromatic heterocycles. The van der Waals surface area contributed by atoms with Crippen LogP contribution in [0.15, 0.2) is 12.6 Å². The molecule has 0 atom stereocenters. The summed E-state index contributed by atoms with van der Waals surface area (Å²) in [4.78, 5) is 0. The van der Waals surface area contributed by atoms with Crippen LogP contribution in [-0.2, 0) is 0 Å². The van der Waals surface area contributed by atoms with E-state index in [-0.39, 0.29) is 24.1 Å². The third-order valence-electron chi connectivity index (χ3n) is 1.93. The molecule has 2 N–H and O–H groups in total. The van der Waals surface area contributed by atoms with E-state index in [0.29, 0.717) is 6.07 Å². The predicted octanol–water partition coefficient (Wildman–Crippen LogP) is 2.61. The van der Waals surface area contributed by atoms with Crippen LogP contribution in [0.25, 0.3) is 5.57 Å². The monoisotopic (exact) mass is 219 g/mol. The minimum absolute atomic E-state index is 0.132. The van der Waals surface area contributed by atoms with Crippen LogP contribution >= 0.6 is 0 Å². The number of benzene rings is 1. The van der Waals surface area contributed by atoms with E-state index in [1.165, 1.54) is 0 Å². The Kier molecular flexibility index (Phi) is 3.47. The fourth-order valence-electron chi connectivity index (χ4n) is 1.14. The van der Waals surface area contributed by atoms with Gasteiger partial charge in [-0.25, -0.2) is 17.6 Å². The van der Waals surface area contributed by atoms with Gasteiger partial charge in [-0.2, -0.15) is 0 Å². The second-order valence-electron chi connectivity index (χ2n) is 2.99. The average molecular weight is 219 g/mol. The van der Waals surface area contributed by atoms with Crippen molar-refractivity contribution in [3.63, 3.8) is 0 Å². The first-order valence-corrected chi connectivity index (χ1v) is 4.20. The zero-order valence-corrected chi connectivity index (χ0v) is 7.79. The summed E-state index contributed by atoms with van der Waals surface area (Å²) in [6.07, 6.45) is 0.182. The second-order valence-corrected chi connectivity index (χ2v) is 2.99. The topological polar surface area (TPSA) is 26.0 Å². The number of nitrogens with two attached hydrogens (primary N) is 1. The van der Waals surface area contributed by atoms with Gasteiger partial charge in [0.15, 0.2) is 23.3 Å². The summed E-state index contributed by atoms with van der Waals surface area (Å²) in [5.41, 5.74) is 4.93. The lowest BCUT2D eigenvalue weighted by Crippen LogP contribution is -2.04. The van der Waals surface area contributed by atoms with Crippen molar-refractivity contribution in [3.8, 4) is 0 Å². The standard InChI is InChI=1S/C10H9F4N/c1-5(2-3-15)6-4-7(11)9(13)10(14)8(6)12/h4H,1-3,15H2. The molecule has 0 saturated carbocycles. The molecule has 1 aromatic rings. The molecule has 0 bridgehead atoms. The Hall–Kier alpha value is -1.36. The molecule has 0 radical (unpaired) electrons. The molecule has 1 rings (SSSR count). The molecule has 0 saturated heterocycles. The molecular formula is C10H9F4N. The molecule has 0 spiro atoms. The van der Waals surface area contributed by atoms with Gasteiger partial charge in [-0.15, -0.1) is 0 Å². The van der Waals surface area contributed by atoms with E-state index in [0.717, 1.165) is 0 Å². The van der Waals surface area contributed by atoms with Gasteiger partial charge in [0.1, 0.15) is 0 Å². The largest absolute Gasteiger partial charge is 0.330 e. The molecule has 0 aliphatic rings. The first-order chi connectivity index (χ1) is 6.99. The van der Waals surface area contributed by atoms with Gasteiger partial charge in [0.25, 0.3) is 0 Å². The van der Waals surface area contributed by atoms with E-state index >= 15 is 0 Å². The van der Waals surface area contributed by atoms with Crippen molar-refractivity contribution in [3.05, 3.63) is 41.5 Å². The highest BCUT2D eigenvalue weighted by Gasteiger charge is 2.19. The molecule has 1 nitrogen and oxygen atoms in total. The number of hydrogen-bond donors (Lipinski definition) is 1. The van der Waals surface area contributed by atoms with E-state index in [2.05, 4.69) is 6.58 Å². The van der Waals surface area contributed by atoms with Crippen LogP contribution in [0, 0.1) is 23.3 Å². The summed E-state index contributed by atoms with van der Waals surface area (Å²) < 4.78 is 51.3. The highest BCUT2D eigenvalue weighted by Crippen LogP contribution is 2.24. The maximum absolute atomic E-state index is 13.1. The van der Waals surface area contributed by atoms with E-state index in [9.17, 15) is 17.6 Å². The highest BCUT2D eigenvalue weighted by molar-refractivity contribution is 5.64. The van der Waals surface area contributed by atoms with Crippen LogP contribution in [0.4, 0.5) is 17.6 Å². The Balaban J connectivity index is 3.26. The molecule has 5 heteroatoms. The minimum Gasteiger partial charge on any atom is -0.330 e. The molecular weight excluding hydrogens is 210 g/mol. The van der Waals surface area contributed by atoms with Crippen molar-refractivity contribution in [2.45, 2.75) is 6.42 Å². The van der Waals surface area contributed by atoms with Gasteiger partial charge in [-0.3, -0.25) is 0 Å². The Bertz CT molecular complexity index is 401. The van der Waals surface area contributed by atoms with E-state index in [1.54, 1.807) is 0 Å². The first kappa shape index (κ1) is 11.7. The van der Waals surface area contributed by atoms with Gasteiger partial charge < -0.3 is 5.73 Å². The zero-order valence-electron chi connectivity index (χ0n) is 7.79. The van der Waals surface area contributed by atoms with Crippen LogP contribution in [0.2, 0.25) is 0 Å². The normalized spacial score (nSPS) is 10.5. The van der Waals surface area contributed by atoms with Crippen molar-refractivity contribution in [2.75, 3.05) is 6.54 Å². The molecule has 0 aliphatic heterocycles. The highest BCUT2D eigenvalue weighted by atomic mass is 19.2. The molecule has 15 heavy (non-hydrogen) atoms. The smallest absolute Gasteiger partial charge is 0.198 e. The molecule has 0 amide bonds. The predicted molar refractivity (Wildman–Crippen MR) is 49.0 cm³/mol. The zero-order chi connectivity index (χ0) is 11.6. The summed E-state index contributed by atoms with van der Waals surface area (Å²) in [7, 11) is 0. The van der Waals surface area contributed by atoms with E-state index in [4.69, 9.17) is 5.73 Å². The third kappa shape index (κ3) is 2.18. The molecule has 82 valence electrons.